The lowest BCUT2D eigenvalue weighted by molar-refractivity contribution is 0.0945. The van der Waals surface area contributed by atoms with E-state index in [9.17, 15) is 14.7 Å². The van der Waals surface area contributed by atoms with E-state index in [1.807, 2.05) is 17.0 Å². The number of halogens is 1. The minimum absolute atomic E-state index is 0.0931. The predicted octanol–water partition coefficient (Wildman–Crippen LogP) is 5.34. The molecule has 220 valence electrons. The molecule has 10 nitrogen and oxygen atoms in total. The summed E-state index contributed by atoms with van der Waals surface area (Å²) in [6.45, 7) is 8.96. The number of rotatable bonds is 10. The molecule has 41 heavy (non-hydrogen) atoms. The van der Waals surface area contributed by atoms with Crippen molar-refractivity contribution in [3.05, 3.63) is 65.1 Å². The number of oxazole rings is 1. The van der Waals surface area contributed by atoms with Gasteiger partial charge < -0.3 is 34.1 Å². The number of nitrogens with one attached hydrogen (secondary N) is 1. The van der Waals surface area contributed by atoms with Crippen LogP contribution in [-0.2, 0) is 11.3 Å². The van der Waals surface area contributed by atoms with Crippen LogP contribution in [0, 0.1) is 0 Å². The number of carbonyl (C=O) groups is 2. The standard InChI is InChI=1S/C23H26ClN3O4.C7H11NO2/c1-3-27(4-2)9-10-30-21-12-18(22-14-25-15-31-22)20(28)11-19(21)23(29)26-13-16-5-7-17(24)8-6-16;9-7-8-4-2-1-3-6(8)5-10-7/h5-8,11-12,14-15,28H,3-4,9-10,13H2,1-2H3,(H,26,29);6H,1-5H2. The molecule has 2 N–H and O–H groups in total. The van der Waals surface area contributed by atoms with Crippen molar-refractivity contribution in [2.24, 2.45) is 0 Å². The SMILES string of the molecule is CCN(CC)CCOc1cc(-c2cnco2)c(O)cc1C(=O)NCc1ccc(Cl)cc1.O=C1OCC2CCCCN12. The van der Waals surface area contributed by atoms with Gasteiger partial charge in [-0.25, -0.2) is 9.78 Å². The van der Waals surface area contributed by atoms with Crippen molar-refractivity contribution in [2.45, 2.75) is 45.7 Å². The first-order valence-electron chi connectivity index (χ1n) is 14.0. The van der Waals surface area contributed by atoms with Crippen LogP contribution >= 0.6 is 11.6 Å². The van der Waals surface area contributed by atoms with Crippen molar-refractivity contribution in [2.75, 3.05) is 39.4 Å². The average molecular weight is 585 g/mol. The molecule has 2 aliphatic heterocycles. The fourth-order valence-corrected chi connectivity index (χ4v) is 4.91. The highest BCUT2D eigenvalue weighted by atomic mass is 35.5. The fourth-order valence-electron chi connectivity index (χ4n) is 4.78. The Labute approximate surface area is 245 Å². The summed E-state index contributed by atoms with van der Waals surface area (Å²) in [5.74, 6) is 0.306. The minimum atomic E-state index is -0.354. The lowest BCUT2D eigenvalue weighted by Gasteiger charge is -2.25. The molecule has 2 aliphatic rings. The van der Waals surface area contributed by atoms with Gasteiger partial charge in [0.1, 0.15) is 24.7 Å². The molecule has 0 bridgehead atoms. The Morgan fingerprint density at radius 1 is 1.22 bits per heavy atom. The van der Waals surface area contributed by atoms with Crippen molar-refractivity contribution < 1.29 is 28.6 Å². The van der Waals surface area contributed by atoms with Gasteiger partial charge >= 0.3 is 6.09 Å². The van der Waals surface area contributed by atoms with Gasteiger partial charge in [-0.05, 0) is 62.2 Å². The fraction of sp³-hybridized carbons (Fsp3) is 0.433. The zero-order valence-corrected chi connectivity index (χ0v) is 24.2. The number of carbonyl (C=O) groups excluding carboxylic acids is 2. The molecule has 2 aromatic carbocycles. The molecule has 1 unspecified atom stereocenters. The zero-order valence-electron chi connectivity index (χ0n) is 23.5. The number of cyclic esters (lactones) is 1. The summed E-state index contributed by atoms with van der Waals surface area (Å²) in [7, 11) is 0. The van der Waals surface area contributed by atoms with Gasteiger partial charge in [0, 0.05) is 24.7 Å². The number of hydrogen-bond acceptors (Lipinski definition) is 8. The molecule has 1 atom stereocenters. The lowest BCUT2D eigenvalue weighted by atomic mass is 10.0. The van der Waals surface area contributed by atoms with Crippen LogP contribution in [0.15, 0.2) is 53.4 Å². The summed E-state index contributed by atoms with van der Waals surface area (Å²) in [5, 5.41) is 14.0. The molecule has 1 aromatic heterocycles. The van der Waals surface area contributed by atoms with E-state index in [1.165, 1.54) is 25.1 Å². The van der Waals surface area contributed by atoms with E-state index in [4.69, 9.17) is 25.5 Å². The summed E-state index contributed by atoms with van der Waals surface area (Å²) in [6.07, 6.45) is 6.19. The number of likely N-dealkylation sites (N-methyl/N-ethyl adjacent to an activating group) is 1. The number of ether oxygens (including phenoxy) is 2. The second kappa shape index (κ2) is 14.7. The third-order valence-electron chi connectivity index (χ3n) is 7.23. The summed E-state index contributed by atoms with van der Waals surface area (Å²) in [5.41, 5.74) is 1.56. The molecule has 2 amide bonds. The second-order valence-electron chi connectivity index (χ2n) is 9.84. The third kappa shape index (κ3) is 8.14. The largest absolute Gasteiger partial charge is 0.507 e. The smallest absolute Gasteiger partial charge is 0.410 e. The maximum atomic E-state index is 12.9. The van der Waals surface area contributed by atoms with Crippen LogP contribution in [0.3, 0.4) is 0 Å². The summed E-state index contributed by atoms with van der Waals surface area (Å²) in [6, 6.07) is 10.6. The maximum Gasteiger partial charge on any atom is 0.410 e. The van der Waals surface area contributed by atoms with E-state index in [0.29, 0.717) is 47.9 Å². The van der Waals surface area contributed by atoms with Crippen molar-refractivity contribution in [1.82, 2.24) is 20.1 Å². The minimum Gasteiger partial charge on any atom is -0.507 e. The van der Waals surface area contributed by atoms with Crippen LogP contribution in [-0.4, -0.2) is 77.3 Å². The maximum absolute atomic E-state index is 12.9. The average Bonchev–Trinajstić information content (AvgIpc) is 3.66. The number of phenols is 1. The topological polar surface area (TPSA) is 117 Å². The van der Waals surface area contributed by atoms with Crippen molar-refractivity contribution in [1.29, 1.82) is 0 Å². The number of aromatic nitrogens is 1. The van der Waals surface area contributed by atoms with Crippen LogP contribution in [0.25, 0.3) is 11.3 Å². The molecule has 3 heterocycles. The second-order valence-corrected chi connectivity index (χ2v) is 10.3. The van der Waals surface area contributed by atoms with Crippen LogP contribution < -0.4 is 10.1 Å². The van der Waals surface area contributed by atoms with Gasteiger partial charge in [0.05, 0.1) is 23.4 Å². The van der Waals surface area contributed by atoms with Crippen molar-refractivity contribution in [3.63, 3.8) is 0 Å². The molecule has 2 saturated heterocycles. The van der Waals surface area contributed by atoms with E-state index in [0.717, 1.165) is 44.6 Å². The molecular weight excluding hydrogens is 548 g/mol. The Balaban J connectivity index is 0.000000322. The van der Waals surface area contributed by atoms with E-state index in [1.54, 1.807) is 18.2 Å². The molecular formula is C30H37ClN4O6. The quantitative estimate of drug-likeness (QED) is 0.328. The van der Waals surface area contributed by atoms with E-state index in [2.05, 4.69) is 29.0 Å². The molecule has 3 aromatic rings. The molecule has 5 rings (SSSR count). The van der Waals surface area contributed by atoms with Gasteiger partial charge in [-0.15, -0.1) is 0 Å². The van der Waals surface area contributed by atoms with Crippen molar-refractivity contribution >= 4 is 23.6 Å². The molecule has 0 aliphatic carbocycles. The first-order valence-corrected chi connectivity index (χ1v) is 14.3. The van der Waals surface area contributed by atoms with Crippen LogP contribution in [0.2, 0.25) is 5.02 Å². The summed E-state index contributed by atoms with van der Waals surface area (Å²) in [4.78, 5) is 31.8. The highest BCUT2D eigenvalue weighted by molar-refractivity contribution is 6.30. The van der Waals surface area contributed by atoms with E-state index < -0.39 is 0 Å². The monoisotopic (exact) mass is 584 g/mol. The number of benzene rings is 2. The molecule has 0 saturated carbocycles. The van der Waals surface area contributed by atoms with E-state index in [-0.39, 0.29) is 23.3 Å². The Hall–Kier alpha value is -3.76. The van der Waals surface area contributed by atoms with Gasteiger partial charge in [0.25, 0.3) is 5.91 Å². The Kier molecular flexibility index (Phi) is 10.9. The predicted molar refractivity (Wildman–Crippen MR) is 155 cm³/mol. The summed E-state index contributed by atoms with van der Waals surface area (Å²) >= 11 is 5.91. The number of amides is 2. The Morgan fingerprint density at radius 2 is 2.00 bits per heavy atom. The molecule has 0 radical (unpaired) electrons. The van der Waals surface area contributed by atoms with E-state index >= 15 is 0 Å². The first kappa shape index (κ1) is 30.2. The zero-order chi connectivity index (χ0) is 29.2. The van der Waals surface area contributed by atoms with Gasteiger partial charge in [-0.2, -0.15) is 0 Å². The van der Waals surface area contributed by atoms with Gasteiger partial charge in [0.15, 0.2) is 12.2 Å². The third-order valence-corrected chi connectivity index (χ3v) is 7.48. The lowest BCUT2D eigenvalue weighted by Crippen LogP contribution is -2.37. The Morgan fingerprint density at radius 3 is 2.68 bits per heavy atom. The molecule has 11 heteroatoms. The normalized spacial score (nSPS) is 16.0. The van der Waals surface area contributed by atoms with Crippen LogP contribution in [0.5, 0.6) is 11.5 Å². The highest BCUT2D eigenvalue weighted by Crippen LogP contribution is 2.35. The number of piperidine rings is 1. The molecule has 2 fully saturated rings. The highest BCUT2D eigenvalue weighted by Gasteiger charge is 2.34. The number of phenolic OH excluding ortho intramolecular Hbond substituents is 1. The number of nitrogens with zero attached hydrogens (tertiary/aromatic N) is 3. The summed E-state index contributed by atoms with van der Waals surface area (Å²) < 4.78 is 16.1. The van der Waals surface area contributed by atoms with Gasteiger partial charge in [-0.3, -0.25) is 4.79 Å². The van der Waals surface area contributed by atoms with Crippen LogP contribution in [0.4, 0.5) is 4.79 Å². The number of fused-ring (bicyclic) bond motifs is 1. The number of hydrogen-bond donors (Lipinski definition) is 2. The molecule has 0 spiro atoms. The van der Waals surface area contributed by atoms with Gasteiger partial charge in [0.2, 0.25) is 0 Å². The first-order chi connectivity index (χ1) is 19.9. The van der Waals surface area contributed by atoms with Gasteiger partial charge in [-0.1, -0.05) is 37.6 Å². The van der Waals surface area contributed by atoms with Crippen molar-refractivity contribution in [3.8, 4) is 22.8 Å². The van der Waals surface area contributed by atoms with Crippen LogP contribution in [0.1, 0.15) is 49.0 Å². The Bertz CT molecular complexity index is 1280. The number of aromatic hydroxyl groups is 1.